The third kappa shape index (κ3) is 4.05. The number of carboxylic acid groups (broad SMARTS) is 1. The van der Waals surface area contributed by atoms with Crippen molar-refractivity contribution in [3.63, 3.8) is 0 Å². The summed E-state index contributed by atoms with van der Waals surface area (Å²) in [5, 5.41) is 11.9. The van der Waals surface area contributed by atoms with E-state index in [4.69, 9.17) is 5.11 Å². The van der Waals surface area contributed by atoms with Crippen molar-refractivity contribution in [3.05, 3.63) is 28.7 Å². The van der Waals surface area contributed by atoms with Crippen LogP contribution in [-0.2, 0) is 9.59 Å². The molecule has 0 aromatic heterocycles. The number of carbonyl (C=O) groups is 2. The Bertz CT molecular complexity index is 500. The summed E-state index contributed by atoms with van der Waals surface area (Å²) in [4.78, 5) is 24.8. The highest BCUT2D eigenvalue weighted by Gasteiger charge is 2.36. The Morgan fingerprint density at radius 3 is 2.50 bits per heavy atom. The Kier molecular flexibility index (Phi) is 4.77. The molecule has 1 saturated carbocycles. The normalized spacial score (nSPS) is 15.9. The van der Waals surface area contributed by atoms with E-state index in [1.807, 2.05) is 12.1 Å². The van der Waals surface area contributed by atoms with E-state index in [1.54, 1.807) is 24.0 Å². The van der Waals surface area contributed by atoms with Crippen LogP contribution >= 0.6 is 15.9 Å². The number of halogens is 1. The second-order valence-corrected chi connectivity index (χ2v) is 5.89. The molecule has 0 bridgehead atoms. The van der Waals surface area contributed by atoms with E-state index in [9.17, 15) is 9.59 Å². The highest BCUT2D eigenvalue weighted by atomic mass is 79.9. The van der Waals surface area contributed by atoms with Gasteiger partial charge in [0.25, 0.3) is 0 Å². The summed E-state index contributed by atoms with van der Waals surface area (Å²) >= 11 is 3.33. The van der Waals surface area contributed by atoms with E-state index in [0.29, 0.717) is 5.69 Å². The Balaban J connectivity index is 1.94. The van der Waals surface area contributed by atoms with Gasteiger partial charge in [0.2, 0.25) is 5.91 Å². The van der Waals surface area contributed by atoms with E-state index in [-0.39, 0.29) is 18.5 Å². The van der Waals surface area contributed by atoms with Crippen molar-refractivity contribution in [3.8, 4) is 0 Å². The van der Waals surface area contributed by atoms with Crippen molar-refractivity contribution in [2.24, 2.45) is 0 Å². The van der Waals surface area contributed by atoms with Gasteiger partial charge in [0.1, 0.15) is 6.04 Å². The fraction of sp³-hybridized carbons (Fsp3) is 0.429. The van der Waals surface area contributed by atoms with E-state index < -0.39 is 12.0 Å². The summed E-state index contributed by atoms with van der Waals surface area (Å²) in [6, 6.07) is 6.85. The second-order valence-electron chi connectivity index (χ2n) is 4.97. The van der Waals surface area contributed by atoms with E-state index in [2.05, 4.69) is 21.2 Å². The fourth-order valence-electron chi connectivity index (χ4n) is 2.03. The lowest BCUT2D eigenvalue weighted by Crippen LogP contribution is -2.44. The van der Waals surface area contributed by atoms with E-state index in [1.165, 1.54) is 0 Å². The SMILES string of the molecule is CC(C(=O)O)N(CC(=O)Nc1ccc(Br)cc1)C1CC1. The van der Waals surface area contributed by atoms with Crippen LogP contribution < -0.4 is 5.32 Å². The molecule has 0 aliphatic heterocycles. The molecule has 1 aromatic carbocycles. The lowest BCUT2D eigenvalue weighted by Gasteiger charge is -2.25. The minimum Gasteiger partial charge on any atom is -0.480 e. The quantitative estimate of drug-likeness (QED) is 0.833. The molecule has 5 nitrogen and oxygen atoms in total. The van der Waals surface area contributed by atoms with Gasteiger partial charge in [-0.15, -0.1) is 0 Å². The highest BCUT2D eigenvalue weighted by Crippen LogP contribution is 2.28. The summed E-state index contributed by atoms with van der Waals surface area (Å²) in [6.07, 6.45) is 1.92. The molecule has 1 aromatic rings. The largest absolute Gasteiger partial charge is 0.480 e. The van der Waals surface area contributed by atoms with Crippen LogP contribution in [0.2, 0.25) is 0 Å². The number of aliphatic carboxylic acids is 1. The van der Waals surface area contributed by atoms with Gasteiger partial charge in [0.15, 0.2) is 0 Å². The van der Waals surface area contributed by atoms with Crippen molar-refractivity contribution < 1.29 is 14.7 Å². The summed E-state index contributed by atoms with van der Waals surface area (Å²) in [7, 11) is 0. The Labute approximate surface area is 126 Å². The summed E-state index contributed by atoms with van der Waals surface area (Å²) < 4.78 is 0.939. The molecular weight excluding hydrogens is 324 g/mol. The fourth-order valence-corrected chi connectivity index (χ4v) is 2.29. The lowest BCUT2D eigenvalue weighted by atomic mass is 10.2. The predicted octanol–water partition coefficient (Wildman–Crippen LogP) is 2.33. The minimum absolute atomic E-state index is 0.105. The number of hydrogen-bond acceptors (Lipinski definition) is 3. The van der Waals surface area contributed by atoms with Gasteiger partial charge in [-0.05, 0) is 44.0 Å². The molecule has 2 N–H and O–H groups in total. The molecule has 0 heterocycles. The predicted molar refractivity (Wildman–Crippen MR) is 79.6 cm³/mol. The molecule has 2 rings (SSSR count). The maximum absolute atomic E-state index is 12.0. The van der Waals surface area contributed by atoms with Crippen molar-refractivity contribution in [1.82, 2.24) is 4.90 Å². The maximum atomic E-state index is 12.0. The Morgan fingerprint density at radius 1 is 1.40 bits per heavy atom. The van der Waals surface area contributed by atoms with Crippen molar-refractivity contribution >= 4 is 33.5 Å². The molecule has 20 heavy (non-hydrogen) atoms. The minimum atomic E-state index is -0.895. The van der Waals surface area contributed by atoms with Crippen LogP contribution in [0.1, 0.15) is 19.8 Å². The lowest BCUT2D eigenvalue weighted by molar-refractivity contribution is -0.143. The molecule has 1 atom stereocenters. The average molecular weight is 341 g/mol. The van der Waals surface area contributed by atoms with Gasteiger partial charge >= 0.3 is 5.97 Å². The summed E-state index contributed by atoms with van der Waals surface area (Å²) in [5.74, 6) is -1.08. The van der Waals surface area contributed by atoms with Gasteiger partial charge in [-0.25, -0.2) is 0 Å². The Hall–Kier alpha value is -1.40. The molecule has 0 saturated heterocycles. The summed E-state index contributed by atoms with van der Waals surface area (Å²) in [6.45, 7) is 1.72. The van der Waals surface area contributed by atoms with Gasteiger partial charge in [0, 0.05) is 16.2 Å². The third-order valence-corrected chi connectivity index (χ3v) is 3.85. The number of nitrogens with zero attached hydrogens (tertiary/aromatic N) is 1. The van der Waals surface area contributed by atoms with Gasteiger partial charge < -0.3 is 10.4 Å². The number of benzene rings is 1. The molecule has 0 spiro atoms. The molecule has 1 fully saturated rings. The molecule has 108 valence electrons. The zero-order chi connectivity index (χ0) is 14.7. The number of nitrogens with one attached hydrogen (secondary N) is 1. The Morgan fingerprint density at radius 2 is 2.00 bits per heavy atom. The molecule has 1 aliphatic rings. The monoisotopic (exact) mass is 340 g/mol. The summed E-state index contributed by atoms with van der Waals surface area (Å²) in [5.41, 5.74) is 0.705. The second kappa shape index (κ2) is 6.37. The van der Waals surface area contributed by atoms with Crippen LogP contribution in [0.5, 0.6) is 0 Å². The molecule has 1 unspecified atom stereocenters. The van der Waals surface area contributed by atoms with Crippen LogP contribution in [0, 0.1) is 0 Å². The number of rotatable bonds is 6. The van der Waals surface area contributed by atoms with Gasteiger partial charge in [-0.2, -0.15) is 0 Å². The molecular formula is C14H17BrN2O3. The topological polar surface area (TPSA) is 69.6 Å². The van der Waals surface area contributed by atoms with Gasteiger partial charge in [-0.3, -0.25) is 14.5 Å². The average Bonchev–Trinajstić information content (AvgIpc) is 3.22. The van der Waals surface area contributed by atoms with E-state index in [0.717, 1.165) is 17.3 Å². The molecule has 0 radical (unpaired) electrons. The van der Waals surface area contributed by atoms with E-state index >= 15 is 0 Å². The molecule has 6 heteroatoms. The first-order valence-electron chi connectivity index (χ1n) is 6.51. The van der Waals surface area contributed by atoms with Gasteiger partial charge in [0.05, 0.1) is 6.54 Å². The number of hydrogen-bond donors (Lipinski definition) is 2. The number of anilines is 1. The third-order valence-electron chi connectivity index (χ3n) is 3.32. The first kappa shape index (κ1) is 15.0. The first-order chi connectivity index (χ1) is 9.47. The number of amides is 1. The number of carbonyl (C=O) groups excluding carboxylic acids is 1. The van der Waals surface area contributed by atoms with Crippen LogP contribution in [0.3, 0.4) is 0 Å². The highest BCUT2D eigenvalue weighted by molar-refractivity contribution is 9.10. The standard InChI is InChI=1S/C14H17BrN2O3/c1-9(14(19)20)17(12-6-7-12)8-13(18)16-11-4-2-10(15)3-5-11/h2-5,9,12H,6-8H2,1H3,(H,16,18)(H,19,20). The smallest absolute Gasteiger partial charge is 0.320 e. The van der Waals surface area contributed by atoms with Crippen LogP contribution in [-0.4, -0.2) is 40.5 Å². The van der Waals surface area contributed by atoms with Gasteiger partial charge in [-0.1, -0.05) is 15.9 Å². The van der Waals surface area contributed by atoms with Crippen LogP contribution in [0.4, 0.5) is 5.69 Å². The molecule has 1 amide bonds. The zero-order valence-electron chi connectivity index (χ0n) is 11.2. The van der Waals surface area contributed by atoms with Crippen molar-refractivity contribution in [2.75, 3.05) is 11.9 Å². The maximum Gasteiger partial charge on any atom is 0.320 e. The molecule has 1 aliphatic carbocycles. The van der Waals surface area contributed by atoms with Crippen LogP contribution in [0.15, 0.2) is 28.7 Å². The first-order valence-corrected chi connectivity index (χ1v) is 7.30. The van der Waals surface area contributed by atoms with Crippen LogP contribution in [0.25, 0.3) is 0 Å². The number of carboxylic acids is 1. The van der Waals surface area contributed by atoms with Crippen molar-refractivity contribution in [1.29, 1.82) is 0 Å². The van der Waals surface area contributed by atoms with Crippen molar-refractivity contribution in [2.45, 2.75) is 31.8 Å². The zero-order valence-corrected chi connectivity index (χ0v) is 12.8.